The van der Waals surface area contributed by atoms with Crippen LogP contribution in [-0.4, -0.2) is 31.8 Å². The highest BCUT2D eigenvalue weighted by Gasteiger charge is 2.18. The van der Waals surface area contributed by atoms with Crippen LogP contribution in [0, 0.1) is 12.3 Å². The lowest BCUT2D eigenvalue weighted by Crippen LogP contribution is -2.18. The fraction of sp³-hybridized carbons (Fsp3) is 0.200. The molecule has 0 spiro atoms. The Morgan fingerprint density at radius 2 is 1.87 bits per heavy atom. The van der Waals surface area contributed by atoms with Gasteiger partial charge in [0.05, 0.1) is 44.6 Å². The summed E-state index contributed by atoms with van der Waals surface area (Å²) >= 11 is 13.7. The Balaban J connectivity index is 1.88. The Bertz CT molecular complexity index is 1320. The molecule has 0 saturated heterocycles. The van der Waals surface area contributed by atoms with Crippen molar-refractivity contribution in [2.24, 2.45) is 4.99 Å². The van der Waals surface area contributed by atoms with E-state index in [1.807, 2.05) is 0 Å². The van der Waals surface area contributed by atoms with Gasteiger partial charge in [-0.3, -0.25) is 4.79 Å². The molecule has 0 unspecified atom stereocenters. The zero-order valence-corrected chi connectivity index (χ0v) is 18.9. The minimum absolute atomic E-state index is 0.110. The van der Waals surface area contributed by atoms with Crippen LogP contribution in [0.25, 0.3) is 10.2 Å². The van der Waals surface area contributed by atoms with Crippen LogP contribution in [0.3, 0.4) is 0 Å². The molecule has 0 aliphatic rings. The summed E-state index contributed by atoms with van der Waals surface area (Å²) in [4.78, 5) is 16.9. The third-order valence-corrected chi connectivity index (χ3v) is 7.78. The summed E-state index contributed by atoms with van der Waals surface area (Å²) in [6, 6.07) is 9.26. The van der Waals surface area contributed by atoms with Crippen LogP contribution >= 0.6 is 34.5 Å². The lowest BCUT2D eigenvalue weighted by atomic mass is 10.3. The number of nitrogens with zero attached hydrogens (tertiary/aromatic N) is 2. The highest BCUT2D eigenvalue weighted by Crippen LogP contribution is 2.31. The minimum atomic E-state index is -3.65. The van der Waals surface area contributed by atoms with Gasteiger partial charge in [-0.1, -0.05) is 40.5 Å². The molecule has 6 nitrogen and oxygen atoms in total. The molecule has 1 aromatic heterocycles. The van der Waals surface area contributed by atoms with Crippen LogP contribution in [-0.2, 0) is 21.2 Å². The number of thiazole rings is 1. The highest BCUT2D eigenvalue weighted by atomic mass is 35.5. The van der Waals surface area contributed by atoms with Gasteiger partial charge in [-0.25, -0.2) is 8.42 Å². The number of ether oxygens (including phenoxy) is 1. The van der Waals surface area contributed by atoms with E-state index in [2.05, 4.69) is 10.9 Å². The summed E-state index contributed by atoms with van der Waals surface area (Å²) in [5, 5.41) is 0.887. The molecule has 10 heteroatoms. The van der Waals surface area contributed by atoms with E-state index in [4.69, 9.17) is 34.4 Å². The summed E-state index contributed by atoms with van der Waals surface area (Å²) in [5.41, 5.74) is 0.588. The fourth-order valence-corrected chi connectivity index (χ4v) is 5.61. The number of benzene rings is 2. The number of amides is 1. The topological polar surface area (TPSA) is 77.7 Å². The molecule has 3 aromatic rings. The maximum atomic E-state index is 12.5. The number of terminal acetylenes is 1. The molecule has 0 N–H and O–H groups in total. The Morgan fingerprint density at radius 3 is 2.50 bits per heavy atom. The quantitative estimate of drug-likeness (QED) is 0.498. The van der Waals surface area contributed by atoms with Crippen molar-refractivity contribution in [2.45, 2.75) is 17.9 Å². The SMILES string of the molecule is C#CCn1c(=NC(=O)CCS(=O)(=O)c2ccc(OC)cc2)sc2c(Cl)ccc(Cl)c21. The lowest BCUT2D eigenvalue weighted by Gasteiger charge is -2.04. The molecule has 156 valence electrons. The van der Waals surface area contributed by atoms with Crippen LogP contribution < -0.4 is 9.54 Å². The number of sulfone groups is 1. The zero-order valence-electron chi connectivity index (χ0n) is 15.8. The minimum Gasteiger partial charge on any atom is -0.497 e. The van der Waals surface area contributed by atoms with E-state index in [0.717, 1.165) is 0 Å². The van der Waals surface area contributed by atoms with Crippen molar-refractivity contribution in [3.63, 3.8) is 0 Å². The molecule has 0 aliphatic heterocycles. The Hall–Kier alpha value is -2.31. The summed E-state index contributed by atoms with van der Waals surface area (Å²) in [7, 11) is -2.15. The van der Waals surface area contributed by atoms with Crippen molar-refractivity contribution < 1.29 is 17.9 Å². The number of aromatic nitrogens is 1. The van der Waals surface area contributed by atoms with E-state index in [-0.39, 0.29) is 23.6 Å². The Labute approximate surface area is 187 Å². The molecule has 1 heterocycles. The third kappa shape index (κ3) is 4.71. The number of halogens is 2. The summed E-state index contributed by atoms with van der Waals surface area (Å²) < 4.78 is 32.3. The van der Waals surface area contributed by atoms with Crippen molar-refractivity contribution >= 4 is 60.5 Å². The first-order valence-electron chi connectivity index (χ1n) is 8.62. The maximum absolute atomic E-state index is 12.5. The van der Waals surface area contributed by atoms with Crippen LogP contribution in [0.2, 0.25) is 10.0 Å². The number of fused-ring (bicyclic) bond motifs is 1. The van der Waals surface area contributed by atoms with Gasteiger partial charge in [0.25, 0.3) is 0 Å². The van der Waals surface area contributed by atoms with Gasteiger partial charge in [-0.2, -0.15) is 4.99 Å². The maximum Gasteiger partial charge on any atom is 0.249 e. The van der Waals surface area contributed by atoms with Crippen LogP contribution in [0.15, 0.2) is 46.3 Å². The van der Waals surface area contributed by atoms with E-state index in [1.54, 1.807) is 28.8 Å². The van der Waals surface area contributed by atoms with Gasteiger partial charge in [0.1, 0.15) is 5.75 Å². The highest BCUT2D eigenvalue weighted by molar-refractivity contribution is 7.91. The smallest absolute Gasteiger partial charge is 0.249 e. The van der Waals surface area contributed by atoms with E-state index in [1.165, 1.54) is 30.6 Å². The molecule has 0 bridgehead atoms. The number of hydrogen-bond acceptors (Lipinski definition) is 5. The molecule has 0 fully saturated rings. The molecular weight excluding hydrogens is 467 g/mol. The van der Waals surface area contributed by atoms with Crippen LogP contribution in [0.1, 0.15) is 6.42 Å². The monoisotopic (exact) mass is 482 g/mol. The molecule has 0 saturated carbocycles. The summed E-state index contributed by atoms with van der Waals surface area (Å²) in [5.74, 6) is 2.08. The van der Waals surface area contributed by atoms with Crippen LogP contribution in [0.4, 0.5) is 0 Å². The van der Waals surface area contributed by atoms with Crippen molar-refractivity contribution in [2.75, 3.05) is 12.9 Å². The molecule has 30 heavy (non-hydrogen) atoms. The van der Waals surface area contributed by atoms with Gasteiger partial charge in [-0.05, 0) is 36.4 Å². The third-order valence-electron chi connectivity index (χ3n) is 4.20. The van der Waals surface area contributed by atoms with Crippen molar-refractivity contribution in [1.29, 1.82) is 0 Å². The predicted molar refractivity (Wildman–Crippen MR) is 119 cm³/mol. The fourth-order valence-electron chi connectivity index (χ4n) is 2.72. The largest absolute Gasteiger partial charge is 0.497 e. The molecule has 2 aromatic carbocycles. The second-order valence-corrected chi connectivity index (χ2v) is 10.0. The second kappa shape index (κ2) is 9.23. The predicted octanol–water partition coefficient (Wildman–Crippen LogP) is 3.94. The van der Waals surface area contributed by atoms with E-state index >= 15 is 0 Å². The number of carbonyl (C=O) groups excluding carboxylic acids is 1. The van der Waals surface area contributed by atoms with E-state index in [0.29, 0.717) is 30.8 Å². The number of hydrogen-bond donors (Lipinski definition) is 0. The molecule has 0 radical (unpaired) electrons. The summed E-state index contributed by atoms with van der Waals surface area (Å²) in [6.45, 7) is 0.135. The average molecular weight is 483 g/mol. The first-order chi connectivity index (χ1) is 14.3. The van der Waals surface area contributed by atoms with E-state index < -0.39 is 15.7 Å². The number of methoxy groups -OCH3 is 1. The number of carbonyl (C=O) groups is 1. The normalized spacial score (nSPS) is 12.1. The molecular formula is C20H16Cl2N2O4S2. The summed E-state index contributed by atoms with van der Waals surface area (Å²) in [6.07, 6.45) is 5.16. The second-order valence-electron chi connectivity index (χ2n) is 6.13. The average Bonchev–Trinajstić information content (AvgIpc) is 3.09. The molecule has 1 amide bonds. The first-order valence-corrected chi connectivity index (χ1v) is 11.8. The Morgan fingerprint density at radius 1 is 1.20 bits per heavy atom. The van der Waals surface area contributed by atoms with Crippen molar-refractivity contribution in [3.05, 3.63) is 51.2 Å². The van der Waals surface area contributed by atoms with Gasteiger partial charge < -0.3 is 9.30 Å². The first kappa shape index (κ1) is 22.4. The van der Waals surface area contributed by atoms with Crippen molar-refractivity contribution in [3.8, 4) is 18.1 Å². The Kier molecular flexibility index (Phi) is 6.88. The lowest BCUT2D eigenvalue weighted by molar-refractivity contribution is -0.117. The van der Waals surface area contributed by atoms with Crippen molar-refractivity contribution in [1.82, 2.24) is 4.57 Å². The van der Waals surface area contributed by atoms with Gasteiger partial charge in [-0.15, -0.1) is 6.42 Å². The van der Waals surface area contributed by atoms with Crippen LogP contribution in [0.5, 0.6) is 5.75 Å². The zero-order chi connectivity index (χ0) is 21.9. The van der Waals surface area contributed by atoms with Gasteiger partial charge in [0, 0.05) is 6.42 Å². The van der Waals surface area contributed by atoms with E-state index in [9.17, 15) is 13.2 Å². The standard InChI is InChI=1S/C20H16Cl2N2O4S2/c1-3-11-24-18-15(21)8-9-16(22)19(18)29-20(24)23-17(25)10-12-30(26,27)14-6-4-13(28-2)5-7-14/h1,4-9H,10-12H2,2H3. The van der Waals surface area contributed by atoms with Gasteiger partial charge >= 0.3 is 0 Å². The molecule has 0 atom stereocenters. The molecule has 0 aliphatic carbocycles. The van der Waals surface area contributed by atoms with Gasteiger partial charge in [0.2, 0.25) is 5.91 Å². The van der Waals surface area contributed by atoms with Gasteiger partial charge in [0.15, 0.2) is 14.6 Å². The molecule has 3 rings (SSSR count). The number of rotatable bonds is 6.